The molecule has 2 atom stereocenters. The van der Waals surface area contributed by atoms with Crippen LogP contribution in [-0.4, -0.2) is 5.91 Å². The Balaban J connectivity index is 1.87. The maximum Gasteiger partial charge on any atom is 0.247 e. The van der Waals surface area contributed by atoms with Gasteiger partial charge in [0.2, 0.25) is 5.91 Å². The SMILES string of the molecule is Cc1ccc2c(c1)C(NC(=O)C1=CC1)[C@@H](C)C2. The topological polar surface area (TPSA) is 29.1 Å². The standard InChI is InChI=1S/C15H17NO/c1-9-3-4-12-8-10(2)14(13(12)7-9)16-15(17)11-5-6-11/h3-5,7,10,14H,6,8H2,1-2H3,(H,16,17)/t10-,14?/m0/s1. The Morgan fingerprint density at radius 3 is 2.88 bits per heavy atom. The summed E-state index contributed by atoms with van der Waals surface area (Å²) in [5.74, 6) is 0.617. The fourth-order valence-electron chi connectivity index (χ4n) is 2.65. The van der Waals surface area contributed by atoms with Gasteiger partial charge in [0.1, 0.15) is 0 Å². The van der Waals surface area contributed by atoms with Gasteiger partial charge in [0.05, 0.1) is 6.04 Å². The molecule has 0 bridgehead atoms. The summed E-state index contributed by atoms with van der Waals surface area (Å²) in [6.45, 7) is 4.31. The van der Waals surface area contributed by atoms with E-state index in [1.807, 2.05) is 6.08 Å². The van der Waals surface area contributed by atoms with Crippen molar-refractivity contribution in [3.63, 3.8) is 0 Å². The number of benzene rings is 1. The van der Waals surface area contributed by atoms with E-state index in [0.29, 0.717) is 5.92 Å². The van der Waals surface area contributed by atoms with Gasteiger partial charge in [-0.05, 0) is 36.8 Å². The molecule has 1 aromatic rings. The van der Waals surface area contributed by atoms with E-state index in [1.54, 1.807) is 0 Å². The van der Waals surface area contributed by atoms with Crippen LogP contribution in [-0.2, 0) is 11.2 Å². The van der Waals surface area contributed by atoms with Crippen molar-refractivity contribution in [1.29, 1.82) is 0 Å². The highest BCUT2D eigenvalue weighted by atomic mass is 16.1. The summed E-state index contributed by atoms with van der Waals surface area (Å²) in [5, 5.41) is 3.17. The van der Waals surface area contributed by atoms with Crippen molar-refractivity contribution in [2.24, 2.45) is 5.92 Å². The van der Waals surface area contributed by atoms with Gasteiger partial charge in [-0.15, -0.1) is 0 Å². The largest absolute Gasteiger partial charge is 0.345 e. The van der Waals surface area contributed by atoms with Crippen LogP contribution in [0.5, 0.6) is 0 Å². The zero-order valence-electron chi connectivity index (χ0n) is 10.3. The quantitative estimate of drug-likeness (QED) is 0.827. The van der Waals surface area contributed by atoms with E-state index in [2.05, 4.69) is 37.4 Å². The molecule has 2 heteroatoms. The fraction of sp³-hybridized carbons (Fsp3) is 0.400. The Kier molecular flexibility index (Phi) is 2.32. The van der Waals surface area contributed by atoms with Crippen molar-refractivity contribution >= 4 is 5.91 Å². The van der Waals surface area contributed by atoms with Gasteiger partial charge < -0.3 is 5.32 Å². The van der Waals surface area contributed by atoms with Crippen LogP contribution in [0.4, 0.5) is 0 Å². The lowest BCUT2D eigenvalue weighted by Crippen LogP contribution is -2.29. The van der Waals surface area contributed by atoms with E-state index in [4.69, 9.17) is 0 Å². The molecule has 2 aliphatic carbocycles. The number of hydrogen-bond donors (Lipinski definition) is 1. The molecular formula is C15H17NO. The van der Waals surface area contributed by atoms with Gasteiger partial charge in [-0.2, -0.15) is 0 Å². The minimum absolute atomic E-state index is 0.121. The summed E-state index contributed by atoms with van der Waals surface area (Å²) in [4.78, 5) is 11.8. The molecular weight excluding hydrogens is 210 g/mol. The molecule has 0 heterocycles. The summed E-state index contributed by atoms with van der Waals surface area (Å²) < 4.78 is 0. The lowest BCUT2D eigenvalue weighted by molar-refractivity contribution is -0.118. The number of nitrogens with one attached hydrogen (secondary N) is 1. The van der Waals surface area contributed by atoms with E-state index in [0.717, 1.165) is 18.4 Å². The van der Waals surface area contributed by atoms with Gasteiger partial charge in [-0.25, -0.2) is 0 Å². The maximum atomic E-state index is 11.8. The molecule has 0 aromatic heterocycles. The molecule has 0 spiro atoms. The van der Waals surface area contributed by atoms with Crippen LogP contribution in [0.15, 0.2) is 29.8 Å². The van der Waals surface area contributed by atoms with Gasteiger partial charge in [-0.1, -0.05) is 36.8 Å². The summed E-state index contributed by atoms with van der Waals surface area (Å²) in [5.41, 5.74) is 4.91. The summed E-state index contributed by atoms with van der Waals surface area (Å²) in [7, 11) is 0. The van der Waals surface area contributed by atoms with Crippen LogP contribution >= 0.6 is 0 Å². The van der Waals surface area contributed by atoms with Crippen molar-refractivity contribution in [2.45, 2.75) is 32.7 Å². The third-order valence-corrected chi connectivity index (χ3v) is 3.73. The molecule has 1 amide bonds. The van der Waals surface area contributed by atoms with Crippen LogP contribution in [0.1, 0.15) is 36.1 Å². The van der Waals surface area contributed by atoms with Gasteiger partial charge in [0.25, 0.3) is 0 Å². The van der Waals surface area contributed by atoms with Gasteiger partial charge >= 0.3 is 0 Å². The lowest BCUT2D eigenvalue weighted by Gasteiger charge is -2.18. The van der Waals surface area contributed by atoms with E-state index >= 15 is 0 Å². The van der Waals surface area contributed by atoms with Crippen molar-refractivity contribution in [3.05, 3.63) is 46.5 Å². The first-order valence-corrected chi connectivity index (χ1v) is 6.24. The molecule has 0 saturated heterocycles. The zero-order chi connectivity index (χ0) is 12.0. The third-order valence-electron chi connectivity index (χ3n) is 3.73. The molecule has 0 aliphatic heterocycles. The lowest BCUT2D eigenvalue weighted by atomic mass is 10.0. The summed E-state index contributed by atoms with van der Waals surface area (Å²) >= 11 is 0. The summed E-state index contributed by atoms with van der Waals surface area (Å²) in [6.07, 6.45) is 3.92. The van der Waals surface area contributed by atoms with Crippen LogP contribution in [0.2, 0.25) is 0 Å². The van der Waals surface area contributed by atoms with Crippen molar-refractivity contribution in [3.8, 4) is 0 Å². The predicted octanol–water partition coefficient (Wildman–Crippen LogP) is 2.67. The molecule has 17 heavy (non-hydrogen) atoms. The molecule has 0 radical (unpaired) electrons. The number of fused-ring (bicyclic) bond motifs is 1. The summed E-state index contributed by atoms with van der Waals surface area (Å²) in [6, 6.07) is 6.76. The third kappa shape index (κ3) is 1.88. The molecule has 0 saturated carbocycles. The van der Waals surface area contributed by atoms with Crippen molar-refractivity contribution < 1.29 is 4.79 Å². The second-order valence-electron chi connectivity index (χ2n) is 5.27. The van der Waals surface area contributed by atoms with Gasteiger partial charge in [0, 0.05) is 5.57 Å². The number of carbonyl (C=O) groups excluding carboxylic acids is 1. The number of rotatable bonds is 2. The molecule has 1 unspecified atom stereocenters. The molecule has 0 fully saturated rings. The second kappa shape index (κ2) is 3.73. The number of amides is 1. The monoisotopic (exact) mass is 227 g/mol. The first-order valence-electron chi connectivity index (χ1n) is 6.24. The minimum Gasteiger partial charge on any atom is -0.345 e. The molecule has 3 rings (SSSR count). The minimum atomic E-state index is 0.121. The van der Waals surface area contributed by atoms with Gasteiger partial charge in [0.15, 0.2) is 0 Å². The molecule has 1 N–H and O–H groups in total. The van der Waals surface area contributed by atoms with Crippen LogP contribution in [0.25, 0.3) is 0 Å². The Morgan fingerprint density at radius 2 is 2.18 bits per heavy atom. The van der Waals surface area contributed by atoms with Gasteiger partial charge in [-0.3, -0.25) is 4.79 Å². The average Bonchev–Trinajstić information content (AvgIpc) is 3.08. The Hall–Kier alpha value is -1.57. The average molecular weight is 227 g/mol. The molecule has 2 nitrogen and oxygen atoms in total. The smallest absolute Gasteiger partial charge is 0.247 e. The van der Waals surface area contributed by atoms with E-state index in [-0.39, 0.29) is 11.9 Å². The van der Waals surface area contributed by atoms with E-state index < -0.39 is 0 Å². The normalized spacial score (nSPS) is 25.2. The zero-order valence-corrected chi connectivity index (χ0v) is 10.3. The highest BCUT2D eigenvalue weighted by Gasteiger charge is 2.31. The fourth-order valence-corrected chi connectivity index (χ4v) is 2.65. The predicted molar refractivity (Wildman–Crippen MR) is 67.6 cm³/mol. The molecule has 2 aliphatic rings. The Labute approximate surface area is 102 Å². The molecule has 1 aromatic carbocycles. The number of carbonyl (C=O) groups is 1. The maximum absolute atomic E-state index is 11.8. The van der Waals surface area contributed by atoms with Crippen LogP contribution in [0, 0.1) is 12.8 Å². The van der Waals surface area contributed by atoms with Crippen molar-refractivity contribution in [1.82, 2.24) is 5.32 Å². The Morgan fingerprint density at radius 1 is 1.41 bits per heavy atom. The first-order chi connectivity index (χ1) is 8.15. The van der Waals surface area contributed by atoms with Crippen LogP contribution in [0.3, 0.4) is 0 Å². The van der Waals surface area contributed by atoms with E-state index in [9.17, 15) is 4.79 Å². The molecule has 88 valence electrons. The van der Waals surface area contributed by atoms with E-state index in [1.165, 1.54) is 16.7 Å². The van der Waals surface area contributed by atoms with Crippen LogP contribution < -0.4 is 5.32 Å². The number of hydrogen-bond acceptors (Lipinski definition) is 1. The Bertz CT molecular complexity index is 516. The second-order valence-corrected chi connectivity index (χ2v) is 5.27. The van der Waals surface area contributed by atoms with Crippen molar-refractivity contribution in [2.75, 3.05) is 0 Å². The number of allylic oxidation sites excluding steroid dienone is 1. The number of aryl methyl sites for hydroxylation is 1. The highest BCUT2D eigenvalue weighted by Crippen LogP contribution is 2.37. The highest BCUT2D eigenvalue weighted by molar-refractivity contribution is 5.97. The first kappa shape index (κ1) is 10.6.